The summed E-state index contributed by atoms with van der Waals surface area (Å²) >= 11 is 0. The van der Waals surface area contributed by atoms with E-state index in [1.165, 1.54) is 32.1 Å². The zero-order valence-corrected chi connectivity index (χ0v) is 12.1. The fourth-order valence-electron chi connectivity index (χ4n) is 5.84. The van der Waals surface area contributed by atoms with Gasteiger partial charge >= 0.3 is 0 Å². The van der Waals surface area contributed by atoms with Gasteiger partial charge in [-0.25, -0.2) is 0 Å². The number of aromatic nitrogens is 1. The van der Waals surface area contributed by atoms with Crippen molar-refractivity contribution in [3.05, 3.63) is 29.6 Å². The molecule has 4 aliphatic carbocycles. The predicted octanol–water partition coefficient (Wildman–Crippen LogP) is 4.13. The molecule has 1 atom stereocenters. The second-order valence-corrected chi connectivity index (χ2v) is 7.34. The summed E-state index contributed by atoms with van der Waals surface area (Å²) in [6.07, 6.45) is 9.12. The van der Waals surface area contributed by atoms with Gasteiger partial charge in [-0.2, -0.15) is 5.26 Å². The Labute approximate surface area is 121 Å². The Morgan fingerprint density at radius 1 is 1.15 bits per heavy atom. The van der Waals surface area contributed by atoms with Crippen LogP contribution in [0.1, 0.15) is 56.2 Å². The number of nitriles is 1. The van der Waals surface area contributed by atoms with Gasteiger partial charge in [-0.3, -0.25) is 4.98 Å². The van der Waals surface area contributed by atoms with Crippen LogP contribution in [0, 0.1) is 40.9 Å². The van der Waals surface area contributed by atoms with Crippen molar-refractivity contribution in [2.45, 2.75) is 44.9 Å². The summed E-state index contributed by atoms with van der Waals surface area (Å²) in [5.74, 6) is 5.04. The SMILES string of the molecule is CC(c1ncccc1C#N)C1C2CC3CC(C2)CC1C3. The highest BCUT2D eigenvalue weighted by Crippen LogP contribution is 2.59. The van der Waals surface area contributed by atoms with Crippen molar-refractivity contribution in [3.8, 4) is 6.07 Å². The standard InChI is InChI=1S/C18H22N2/c1-11(18-14(10-19)3-2-4-20-18)17-15-6-12-5-13(8-15)9-16(17)7-12/h2-4,11-13,15-17H,5-9H2,1H3. The van der Waals surface area contributed by atoms with Gasteiger partial charge in [-0.15, -0.1) is 0 Å². The molecule has 4 aliphatic rings. The van der Waals surface area contributed by atoms with Gasteiger partial charge in [0.2, 0.25) is 0 Å². The lowest BCUT2D eigenvalue weighted by Gasteiger charge is -2.56. The molecule has 0 amide bonds. The van der Waals surface area contributed by atoms with Crippen molar-refractivity contribution in [2.75, 3.05) is 0 Å². The van der Waals surface area contributed by atoms with E-state index in [4.69, 9.17) is 0 Å². The minimum Gasteiger partial charge on any atom is -0.260 e. The van der Waals surface area contributed by atoms with Crippen LogP contribution >= 0.6 is 0 Å². The summed E-state index contributed by atoms with van der Waals surface area (Å²) in [5.41, 5.74) is 1.83. The van der Waals surface area contributed by atoms with Crippen LogP contribution < -0.4 is 0 Å². The number of rotatable bonds is 2. The van der Waals surface area contributed by atoms with Gasteiger partial charge in [0.05, 0.1) is 11.3 Å². The van der Waals surface area contributed by atoms with Crippen molar-refractivity contribution < 1.29 is 0 Å². The minimum atomic E-state index is 0.445. The largest absolute Gasteiger partial charge is 0.260 e. The molecular weight excluding hydrogens is 244 g/mol. The van der Waals surface area contributed by atoms with Crippen molar-refractivity contribution in [2.24, 2.45) is 29.6 Å². The van der Waals surface area contributed by atoms with E-state index >= 15 is 0 Å². The highest BCUT2D eigenvalue weighted by molar-refractivity contribution is 5.35. The van der Waals surface area contributed by atoms with Gasteiger partial charge in [-0.1, -0.05) is 6.92 Å². The lowest BCUT2D eigenvalue weighted by molar-refractivity contribution is -0.0460. The minimum absolute atomic E-state index is 0.445. The van der Waals surface area contributed by atoms with Gasteiger partial charge < -0.3 is 0 Å². The van der Waals surface area contributed by atoms with Crippen molar-refractivity contribution in [1.82, 2.24) is 4.98 Å². The molecule has 4 saturated carbocycles. The van der Waals surface area contributed by atoms with E-state index < -0.39 is 0 Å². The first-order valence-corrected chi connectivity index (χ1v) is 8.11. The van der Waals surface area contributed by atoms with E-state index in [9.17, 15) is 5.26 Å². The third kappa shape index (κ3) is 1.79. The van der Waals surface area contributed by atoms with E-state index in [0.29, 0.717) is 5.92 Å². The summed E-state index contributed by atoms with van der Waals surface area (Å²) in [6, 6.07) is 6.14. The number of pyridine rings is 1. The molecule has 0 N–H and O–H groups in total. The second-order valence-electron chi connectivity index (χ2n) is 7.34. The van der Waals surface area contributed by atoms with Crippen molar-refractivity contribution >= 4 is 0 Å². The smallest absolute Gasteiger partial charge is 0.101 e. The molecule has 1 aromatic heterocycles. The summed E-state index contributed by atoms with van der Waals surface area (Å²) < 4.78 is 0. The zero-order valence-electron chi connectivity index (χ0n) is 12.1. The highest BCUT2D eigenvalue weighted by Gasteiger charge is 2.50. The molecule has 4 bridgehead atoms. The molecule has 1 heterocycles. The Balaban J connectivity index is 1.66. The topological polar surface area (TPSA) is 36.7 Å². The Hall–Kier alpha value is -1.36. The van der Waals surface area contributed by atoms with Crippen LogP contribution in [0.2, 0.25) is 0 Å². The van der Waals surface area contributed by atoms with Crippen LogP contribution in [0.25, 0.3) is 0 Å². The van der Waals surface area contributed by atoms with Crippen LogP contribution in [0.15, 0.2) is 18.3 Å². The van der Waals surface area contributed by atoms with E-state index in [1.807, 2.05) is 18.3 Å². The Bertz CT molecular complexity index is 529. The summed E-state index contributed by atoms with van der Waals surface area (Å²) in [4.78, 5) is 4.56. The Morgan fingerprint density at radius 2 is 1.80 bits per heavy atom. The quantitative estimate of drug-likeness (QED) is 0.807. The van der Waals surface area contributed by atoms with Crippen molar-refractivity contribution in [3.63, 3.8) is 0 Å². The lowest BCUT2D eigenvalue weighted by Crippen LogP contribution is -2.46. The third-order valence-corrected chi connectivity index (χ3v) is 6.27. The Kier molecular flexibility index (Phi) is 2.84. The first kappa shape index (κ1) is 12.4. The molecule has 0 aliphatic heterocycles. The maximum Gasteiger partial charge on any atom is 0.101 e. The molecule has 2 heteroatoms. The summed E-state index contributed by atoms with van der Waals surface area (Å²) in [6.45, 7) is 2.32. The molecule has 4 fully saturated rings. The van der Waals surface area contributed by atoms with E-state index in [2.05, 4.69) is 18.0 Å². The molecule has 0 saturated heterocycles. The second kappa shape index (κ2) is 4.58. The molecule has 1 aromatic rings. The normalized spacial score (nSPS) is 39.5. The van der Waals surface area contributed by atoms with Crippen LogP contribution in [0.4, 0.5) is 0 Å². The average Bonchev–Trinajstić information content (AvgIpc) is 2.46. The fraction of sp³-hybridized carbons (Fsp3) is 0.667. The van der Waals surface area contributed by atoms with Crippen LogP contribution in [-0.4, -0.2) is 4.98 Å². The molecule has 0 spiro atoms. The maximum atomic E-state index is 9.33. The van der Waals surface area contributed by atoms with Crippen LogP contribution in [0.5, 0.6) is 0 Å². The van der Waals surface area contributed by atoms with Gasteiger partial charge in [0.15, 0.2) is 0 Å². The first-order chi connectivity index (χ1) is 9.76. The van der Waals surface area contributed by atoms with E-state index in [-0.39, 0.29) is 0 Å². The lowest BCUT2D eigenvalue weighted by atomic mass is 9.49. The van der Waals surface area contributed by atoms with Crippen molar-refractivity contribution in [1.29, 1.82) is 5.26 Å². The third-order valence-electron chi connectivity index (χ3n) is 6.27. The predicted molar refractivity (Wildman–Crippen MR) is 77.9 cm³/mol. The van der Waals surface area contributed by atoms with E-state index in [0.717, 1.165) is 40.8 Å². The number of hydrogen-bond donors (Lipinski definition) is 0. The number of nitrogens with zero attached hydrogens (tertiary/aromatic N) is 2. The van der Waals surface area contributed by atoms with Gasteiger partial charge in [0, 0.05) is 12.1 Å². The molecule has 0 aromatic carbocycles. The van der Waals surface area contributed by atoms with E-state index in [1.54, 1.807) is 0 Å². The molecule has 104 valence electrons. The molecule has 20 heavy (non-hydrogen) atoms. The first-order valence-electron chi connectivity index (χ1n) is 8.11. The summed E-state index contributed by atoms with van der Waals surface area (Å²) in [7, 11) is 0. The maximum absolute atomic E-state index is 9.33. The van der Waals surface area contributed by atoms with Gasteiger partial charge in [0.25, 0.3) is 0 Å². The molecular formula is C18H22N2. The molecule has 0 radical (unpaired) electrons. The summed E-state index contributed by atoms with van der Waals surface area (Å²) in [5, 5.41) is 9.33. The van der Waals surface area contributed by atoms with Crippen LogP contribution in [-0.2, 0) is 0 Å². The Morgan fingerprint density at radius 3 is 2.40 bits per heavy atom. The van der Waals surface area contributed by atoms with Gasteiger partial charge in [-0.05, 0) is 73.8 Å². The highest BCUT2D eigenvalue weighted by atomic mass is 14.7. The van der Waals surface area contributed by atoms with Gasteiger partial charge in [0.1, 0.15) is 6.07 Å². The zero-order chi connectivity index (χ0) is 13.7. The van der Waals surface area contributed by atoms with Crippen LogP contribution in [0.3, 0.4) is 0 Å². The molecule has 5 rings (SSSR count). The molecule has 2 nitrogen and oxygen atoms in total. The monoisotopic (exact) mass is 266 g/mol. The number of hydrogen-bond acceptors (Lipinski definition) is 2. The fourth-order valence-corrected chi connectivity index (χ4v) is 5.84. The average molecular weight is 266 g/mol. The molecule has 1 unspecified atom stereocenters.